The number of urea groups is 1. The van der Waals surface area contributed by atoms with Crippen molar-refractivity contribution in [2.24, 2.45) is 0 Å². The Kier molecular flexibility index (Phi) is 6.26. The first-order valence-corrected chi connectivity index (χ1v) is 12.4. The van der Waals surface area contributed by atoms with Gasteiger partial charge in [0.05, 0.1) is 16.3 Å². The average Bonchev–Trinajstić information content (AvgIpc) is 3.57. The maximum absolute atomic E-state index is 12.9. The summed E-state index contributed by atoms with van der Waals surface area (Å²) in [5.74, 6) is -0.148. The van der Waals surface area contributed by atoms with E-state index in [9.17, 15) is 9.59 Å². The summed E-state index contributed by atoms with van der Waals surface area (Å²) >= 11 is 7.55. The van der Waals surface area contributed by atoms with Crippen LogP contribution in [0.2, 0.25) is 5.02 Å². The van der Waals surface area contributed by atoms with E-state index in [1.807, 2.05) is 71.1 Å². The van der Waals surface area contributed by atoms with Crippen molar-refractivity contribution < 1.29 is 9.59 Å². The van der Waals surface area contributed by atoms with E-state index in [0.29, 0.717) is 16.4 Å². The van der Waals surface area contributed by atoms with Crippen molar-refractivity contribution in [1.29, 1.82) is 0 Å². The van der Waals surface area contributed by atoms with Crippen LogP contribution in [0.5, 0.6) is 0 Å². The molecule has 5 rings (SSSR count). The Balaban J connectivity index is 1.28. The highest BCUT2D eigenvalue weighted by atomic mass is 35.5. The van der Waals surface area contributed by atoms with E-state index < -0.39 is 0 Å². The smallest absolute Gasteiger partial charge is 0.321 e. The summed E-state index contributed by atoms with van der Waals surface area (Å²) in [4.78, 5) is 28.6. The van der Waals surface area contributed by atoms with Crippen molar-refractivity contribution in [3.05, 3.63) is 75.8 Å². The number of fused-ring (bicyclic) bond motifs is 1. The standard InChI is InChI=1S/C25H24ClN5O2S/c1-16-21-14-22(34-24(21)31(29-16)20-9-5-7-18(26)13-20)23(32)27-15-17-6-4-8-19(12-17)28-25(33)30-10-2-3-11-30/h4-9,12-14H,2-3,10-11,15H2,1H3,(H,27,32)(H,28,33). The molecule has 0 saturated carbocycles. The van der Waals surface area contributed by atoms with E-state index in [2.05, 4.69) is 15.7 Å². The Labute approximate surface area is 206 Å². The summed E-state index contributed by atoms with van der Waals surface area (Å²) in [5.41, 5.74) is 3.34. The number of rotatable bonds is 5. The van der Waals surface area contributed by atoms with Crippen molar-refractivity contribution >= 4 is 50.8 Å². The second kappa shape index (κ2) is 9.48. The monoisotopic (exact) mass is 493 g/mol. The van der Waals surface area contributed by atoms with Gasteiger partial charge in [0.15, 0.2) is 0 Å². The quantitative estimate of drug-likeness (QED) is 0.379. The fourth-order valence-electron chi connectivity index (χ4n) is 4.09. The molecule has 2 aromatic heterocycles. The molecule has 0 aliphatic carbocycles. The Morgan fingerprint density at radius 1 is 1.09 bits per heavy atom. The minimum Gasteiger partial charge on any atom is -0.347 e. The summed E-state index contributed by atoms with van der Waals surface area (Å²) in [6.45, 7) is 3.89. The fourth-order valence-corrected chi connectivity index (χ4v) is 5.38. The van der Waals surface area contributed by atoms with Gasteiger partial charge >= 0.3 is 6.03 Å². The van der Waals surface area contributed by atoms with Crippen molar-refractivity contribution in [3.8, 4) is 5.69 Å². The van der Waals surface area contributed by atoms with Gasteiger partial charge in [-0.1, -0.05) is 29.8 Å². The molecule has 1 aliphatic rings. The number of thiophene rings is 1. The van der Waals surface area contributed by atoms with Gasteiger partial charge < -0.3 is 15.5 Å². The van der Waals surface area contributed by atoms with Gasteiger partial charge in [0, 0.05) is 35.7 Å². The Bertz CT molecular complexity index is 1370. The number of anilines is 1. The zero-order valence-electron chi connectivity index (χ0n) is 18.7. The molecule has 1 fully saturated rings. The summed E-state index contributed by atoms with van der Waals surface area (Å²) < 4.78 is 1.82. The van der Waals surface area contributed by atoms with Crippen LogP contribution in [0, 0.1) is 6.92 Å². The average molecular weight is 494 g/mol. The third-order valence-electron chi connectivity index (χ3n) is 5.85. The van der Waals surface area contributed by atoms with E-state index in [1.54, 1.807) is 0 Å². The number of carbonyl (C=O) groups excluding carboxylic acids is 2. The molecule has 0 atom stereocenters. The molecule has 7 nitrogen and oxygen atoms in total. The summed E-state index contributed by atoms with van der Waals surface area (Å²) in [7, 11) is 0. The fraction of sp³-hybridized carbons (Fsp3) is 0.240. The number of nitrogens with one attached hydrogen (secondary N) is 2. The molecule has 174 valence electrons. The van der Waals surface area contributed by atoms with Gasteiger partial charge in [-0.15, -0.1) is 11.3 Å². The Morgan fingerprint density at radius 2 is 1.88 bits per heavy atom. The topological polar surface area (TPSA) is 79.3 Å². The maximum Gasteiger partial charge on any atom is 0.321 e. The van der Waals surface area contributed by atoms with E-state index in [-0.39, 0.29) is 11.9 Å². The van der Waals surface area contributed by atoms with Crippen LogP contribution in [0.25, 0.3) is 15.9 Å². The number of aryl methyl sites for hydroxylation is 1. The predicted molar refractivity (Wildman–Crippen MR) is 136 cm³/mol. The van der Waals surface area contributed by atoms with Crippen molar-refractivity contribution in [3.63, 3.8) is 0 Å². The number of carbonyl (C=O) groups is 2. The van der Waals surface area contributed by atoms with Gasteiger partial charge in [-0.05, 0) is 61.7 Å². The van der Waals surface area contributed by atoms with Crippen LogP contribution in [0.15, 0.2) is 54.6 Å². The molecule has 3 amide bonds. The van der Waals surface area contributed by atoms with E-state index in [4.69, 9.17) is 11.6 Å². The molecule has 9 heteroatoms. The molecule has 4 aromatic rings. The second-order valence-corrected chi connectivity index (χ2v) is 9.78. The second-order valence-electron chi connectivity index (χ2n) is 8.31. The third kappa shape index (κ3) is 4.64. The highest BCUT2D eigenvalue weighted by Gasteiger charge is 2.19. The molecule has 0 spiro atoms. The number of nitrogens with zero attached hydrogens (tertiary/aromatic N) is 3. The lowest BCUT2D eigenvalue weighted by atomic mass is 10.2. The maximum atomic E-state index is 12.9. The number of likely N-dealkylation sites (tertiary alicyclic amines) is 1. The van der Waals surface area contributed by atoms with Gasteiger partial charge in [0.2, 0.25) is 0 Å². The Morgan fingerprint density at radius 3 is 2.68 bits per heavy atom. The molecule has 0 unspecified atom stereocenters. The SMILES string of the molecule is Cc1nn(-c2cccc(Cl)c2)c2sc(C(=O)NCc3cccc(NC(=O)N4CCCC4)c3)cc12. The van der Waals surface area contributed by atoms with Crippen LogP contribution in [0.3, 0.4) is 0 Å². The number of halogens is 1. The number of hydrogen-bond acceptors (Lipinski definition) is 4. The van der Waals surface area contributed by atoms with E-state index in [1.165, 1.54) is 11.3 Å². The van der Waals surface area contributed by atoms with Gasteiger partial charge in [0.25, 0.3) is 5.91 Å². The number of amides is 3. The van der Waals surface area contributed by atoms with E-state index >= 15 is 0 Å². The molecule has 0 radical (unpaired) electrons. The normalized spacial score (nSPS) is 13.4. The number of aromatic nitrogens is 2. The van der Waals surface area contributed by atoms with Gasteiger partial charge in [-0.2, -0.15) is 5.10 Å². The van der Waals surface area contributed by atoms with Crippen LogP contribution >= 0.6 is 22.9 Å². The van der Waals surface area contributed by atoms with Crippen LogP contribution in [-0.2, 0) is 6.54 Å². The highest BCUT2D eigenvalue weighted by molar-refractivity contribution is 7.20. The first-order valence-electron chi connectivity index (χ1n) is 11.2. The summed E-state index contributed by atoms with van der Waals surface area (Å²) in [6.07, 6.45) is 2.10. The van der Waals surface area contributed by atoms with E-state index in [0.717, 1.165) is 58.8 Å². The first kappa shape index (κ1) is 22.4. The molecular weight excluding hydrogens is 470 g/mol. The minimum absolute atomic E-state index is 0.0759. The van der Waals surface area contributed by atoms with Crippen molar-refractivity contribution in [2.75, 3.05) is 18.4 Å². The largest absolute Gasteiger partial charge is 0.347 e. The molecule has 1 saturated heterocycles. The molecule has 3 heterocycles. The lowest BCUT2D eigenvalue weighted by molar-refractivity contribution is 0.0955. The van der Waals surface area contributed by atoms with Gasteiger partial charge in [-0.3, -0.25) is 4.79 Å². The van der Waals surface area contributed by atoms with Crippen molar-refractivity contribution in [2.45, 2.75) is 26.3 Å². The molecule has 0 bridgehead atoms. The van der Waals surface area contributed by atoms with Crippen molar-refractivity contribution in [1.82, 2.24) is 20.0 Å². The van der Waals surface area contributed by atoms with Crippen LogP contribution < -0.4 is 10.6 Å². The molecule has 1 aliphatic heterocycles. The van der Waals surface area contributed by atoms with Gasteiger partial charge in [-0.25, -0.2) is 9.48 Å². The molecule has 2 aromatic carbocycles. The zero-order valence-corrected chi connectivity index (χ0v) is 20.2. The van der Waals surface area contributed by atoms with Crippen LogP contribution in [0.1, 0.15) is 33.8 Å². The Hall–Kier alpha value is -3.36. The molecular formula is C25H24ClN5O2S. The third-order valence-corrected chi connectivity index (χ3v) is 7.19. The summed E-state index contributed by atoms with van der Waals surface area (Å²) in [5, 5.41) is 12.1. The number of benzene rings is 2. The molecule has 34 heavy (non-hydrogen) atoms. The lowest BCUT2D eigenvalue weighted by Crippen LogP contribution is -2.32. The van der Waals surface area contributed by atoms with Crippen LogP contribution in [-0.4, -0.2) is 39.7 Å². The molecule has 2 N–H and O–H groups in total. The lowest BCUT2D eigenvalue weighted by Gasteiger charge is -2.16. The number of hydrogen-bond donors (Lipinski definition) is 2. The predicted octanol–water partition coefficient (Wildman–Crippen LogP) is 5.61. The minimum atomic E-state index is -0.148. The van der Waals surface area contributed by atoms with Crippen LogP contribution in [0.4, 0.5) is 10.5 Å². The first-order chi connectivity index (χ1) is 16.5. The van der Waals surface area contributed by atoms with Gasteiger partial charge in [0.1, 0.15) is 4.83 Å². The zero-order chi connectivity index (χ0) is 23.7. The highest BCUT2D eigenvalue weighted by Crippen LogP contribution is 2.31. The summed E-state index contributed by atoms with van der Waals surface area (Å²) in [6, 6.07) is 16.8.